The monoisotopic (exact) mass is 263 g/mol. The van der Waals surface area contributed by atoms with E-state index in [1.165, 1.54) is 16.7 Å². The first kappa shape index (κ1) is 14.0. The Kier molecular flexibility index (Phi) is 3.92. The normalized spacial score (nSPS) is 18.1. The van der Waals surface area contributed by atoms with E-state index >= 15 is 0 Å². The third-order valence-corrected chi connectivity index (χ3v) is 3.56. The molecule has 0 spiro atoms. The van der Waals surface area contributed by atoms with Crippen LogP contribution in [0.3, 0.4) is 0 Å². The zero-order valence-electron chi connectivity index (χ0n) is 11.8. The largest absolute Gasteiger partial charge is 0.480 e. The van der Waals surface area contributed by atoms with Crippen LogP contribution >= 0.6 is 0 Å². The summed E-state index contributed by atoms with van der Waals surface area (Å²) in [7, 11) is 0. The van der Waals surface area contributed by atoms with Gasteiger partial charge in [-0.05, 0) is 31.9 Å². The fourth-order valence-electron chi connectivity index (χ4n) is 2.55. The van der Waals surface area contributed by atoms with E-state index in [1.54, 1.807) is 0 Å². The molecular formula is C15H21NO3. The molecule has 4 heteroatoms. The van der Waals surface area contributed by atoms with Crippen molar-refractivity contribution in [2.75, 3.05) is 19.7 Å². The third kappa shape index (κ3) is 3.55. The third-order valence-electron chi connectivity index (χ3n) is 3.56. The Hall–Kier alpha value is -1.39. The Balaban J connectivity index is 1.87. The summed E-state index contributed by atoms with van der Waals surface area (Å²) in [6.07, 6.45) is 0. The minimum absolute atomic E-state index is 0.214. The predicted molar refractivity (Wildman–Crippen MR) is 73.2 cm³/mol. The Labute approximate surface area is 114 Å². The number of carboxylic acid groups (broad SMARTS) is 1. The highest BCUT2D eigenvalue weighted by atomic mass is 16.5. The minimum atomic E-state index is -0.908. The number of carbonyl (C=O) groups is 1. The van der Waals surface area contributed by atoms with Crippen molar-refractivity contribution in [1.82, 2.24) is 4.90 Å². The van der Waals surface area contributed by atoms with Gasteiger partial charge in [0.1, 0.15) is 6.61 Å². The van der Waals surface area contributed by atoms with Crippen molar-refractivity contribution in [3.05, 3.63) is 34.9 Å². The van der Waals surface area contributed by atoms with Gasteiger partial charge in [-0.25, -0.2) is 4.79 Å². The van der Waals surface area contributed by atoms with Crippen molar-refractivity contribution in [3.8, 4) is 0 Å². The molecule has 1 N–H and O–H groups in total. The highest BCUT2D eigenvalue weighted by Gasteiger charge is 2.40. The first-order chi connectivity index (χ1) is 8.88. The van der Waals surface area contributed by atoms with Gasteiger partial charge >= 0.3 is 5.97 Å². The maximum atomic E-state index is 10.5. The van der Waals surface area contributed by atoms with E-state index in [4.69, 9.17) is 9.84 Å². The molecule has 0 aromatic heterocycles. The fourth-order valence-corrected chi connectivity index (χ4v) is 2.55. The second kappa shape index (κ2) is 5.31. The number of rotatable bonds is 5. The van der Waals surface area contributed by atoms with Crippen LogP contribution < -0.4 is 0 Å². The van der Waals surface area contributed by atoms with Gasteiger partial charge in [-0.1, -0.05) is 23.8 Å². The van der Waals surface area contributed by atoms with E-state index in [0.29, 0.717) is 0 Å². The molecule has 1 aromatic rings. The first-order valence-electron chi connectivity index (χ1n) is 6.52. The van der Waals surface area contributed by atoms with Gasteiger partial charge in [0, 0.05) is 19.6 Å². The molecule has 1 aromatic carbocycles. The number of aliphatic carboxylic acids is 1. The van der Waals surface area contributed by atoms with E-state index in [1.807, 2.05) is 6.92 Å². The number of hydrogen-bond donors (Lipinski definition) is 1. The Morgan fingerprint density at radius 1 is 1.42 bits per heavy atom. The van der Waals surface area contributed by atoms with Crippen LogP contribution in [0.4, 0.5) is 0 Å². The number of carboxylic acids is 1. The summed E-state index contributed by atoms with van der Waals surface area (Å²) in [4.78, 5) is 12.8. The summed E-state index contributed by atoms with van der Waals surface area (Å²) in [5, 5.41) is 8.63. The molecule has 19 heavy (non-hydrogen) atoms. The van der Waals surface area contributed by atoms with Crippen LogP contribution in [0.5, 0.6) is 0 Å². The summed E-state index contributed by atoms with van der Waals surface area (Å²) in [6, 6.07) is 6.47. The van der Waals surface area contributed by atoms with Gasteiger partial charge in [-0.15, -0.1) is 0 Å². The van der Waals surface area contributed by atoms with E-state index in [2.05, 4.69) is 36.9 Å². The van der Waals surface area contributed by atoms with Gasteiger partial charge < -0.3 is 9.84 Å². The van der Waals surface area contributed by atoms with Gasteiger partial charge in [0.05, 0.1) is 5.60 Å². The van der Waals surface area contributed by atoms with Gasteiger partial charge in [-0.3, -0.25) is 4.90 Å². The van der Waals surface area contributed by atoms with Crippen LogP contribution in [0.2, 0.25) is 0 Å². The van der Waals surface area contributed by atoms with Crippen molar-refractivity contribution in [2.45, 2.75) is 32.9 Å². The summed E-state index contributed by atoms with van der Waals surface area (Å²) >= 11 is 0. The summed E-state index contributed by atoms with van der Waals surface area (Å²) in [5.41, 5.74) is 3.59. The molecule has 0 radical (unpaired) electrons. The quantitative estimate of drug-likeness (QED) is 0.882. The van der Waals surface area contributed by atoms with Crippen molar-refractivity contribution < 1.29 is 14.6 Å². The van der Waals surface area contributed by atoms with Crippen LogP contribution in [-0.4, -0.2) is 41.3 Å². The lowest BCUT2D eigenvalue weighted by Crippen LogP contribution is -2.61. The lowest BCUT2D eigenvalue weighted by atomic mass is 9.94. The zero-order valence-corrected chi connectivity index (χ0v) is 11.8. The summed E-state index contributed by atoms with van der Waals surface area (Å²) in [6.45, 7) is 8.44. The lowest BCUT2D eigenvalue weighted by Gasteiger charge is -2.47. The molecule has 2 rings (SSSR count). The number of aryl methyl sites for hydroxylation is 2. The van der Waals surface area contributed by atoms with Crippen LogP contribution in [0.1, 0.15) is 23.6 Å². The molecule has 0 saturated carbocycles. The Morgan fingerprint density at radius 2 is 2.11 bits per heavy atom. The standard InChI is InChI=1S/C15H21NO3/c1-11-4-5-12(2)13(6-11)7-16-9-15(3,10-16)19-8-14(17)18/h4-6H,7-10H2,1-3H3,(H,17,18). The maximum Gasteiger partial charge on any atom is 0.329 e. The van der Waals surface area contributed by atoms with E-state index in [0.717, 1.165) is 19.6 Å². The molecule has 1 saturated heterocycles. The molecular weight excluding hydrogens is 242 g/mol. The van der Waals surface area contributed by atoms with E-state index < -0.39 is 5.97 Å². The summed E-state index contributed by atoms with van der Waals surface area (Å²) < 4.78 is 5.41. The molecule has 4 nitrogen and oxygen atoms in total. The van der Waals surface area contributed by atoms with Crippen LogP contribution in [0.25, 0.3) is 0 Å². The van der Waals surface area contributed by atoms with Gasteiger partial charge in [-0.2, -0.15) is 0 Å². The molecule has 1 fully saturated rings. The maximum absolute atomic E-state index is 10.5. The van der Waals surface area contributed by atoms with Crippen molar-refractivity contribution >= 4 is 5.97 Å². The van der Waals surface area contributed by atoms with Gasteiger partial charge in [0.15, 0.2) is 0 Å². The Bertz CT molecular complexity index is 478. The molecule has 1 aliphatic rings. The second-order valence-electron chi connectivity index (χ2n) is 5.71. The summed E-state index contributed by atoms with van der Waals surface area (Å²) in [5.74, 6) is -0.908. The molecule has 0 bridgehead atoms. The van der Waals surface area contributed by atoms with Crippen LogP contribution in [-0.2, 0) is 16.1 Å². The van der Waals surface area contributed by atoms with E-state index in [-0.39, 0.29) is 12.2 Å². The topological polar surface area (TPSA) is 49.8 Å². The second-order valence-corrected chi connectivity index (χ2v) is 5.71. The fraction of sp³-hybridized carbons (Fsp3) is 0.533. The number of benzene rings is 1. The van der Waals surface area contributed by atoms with Crippen molar-refractivity contribution in [1.29, 1.82) is 0 Å². The Morgan fingerprint density at radius 3 is 2.74 bits per heavy atom. The molecule has 0 amide bonds. The first-order valence-corrected chi connectivity index (χ1v) is 6.52. The van der Waals surface area contributed by atoms with Gasteiger partial charge in [0.2, 0.25) is 0 Å². The number of likely N-dealkylation sites (tertiary alicyclic amines) is 1. The average molecular weight is 263 g/mol. The highest BCUT2D eigenvalue weighted by molar-refractivity contribution is 5.68. The number of hydrogen-bond acceptors (Lipinski definition) is 3. The minimum Gasteiger partial charge on any atom is -0.480 e. The molecule has 0 unspecified atom stereocenters. The van der Waals surface area contributed by atoms with Crippen molar-refractivity contribution in [2.24, 2.45) is 0 Å². The SMILES string of the molecule is Cc1ccc(C)c(CN2CC(C)(OCC(=O)O)C2)c1. The molecule has 0 atom stereocenters. The van der Waals surface area contributed by atoms with Crippen LogP contribution in [0.15, 0.2) is 18.2 Å². The smallest absolute Gasteiger partial charge is 0.329 e. The number of nitrogens with zero attached hydrogens (tertiary/aromatic N) is 1. The van der Waals surface area contributed by atoms with Gasteiger partial charge in [0.25, 0.3) is 0 Å². The molecule has 0 aliphatic carbocycles. The predicted octanol–water partition coefficient (Wildman–Crippen LogP) is 1.98. The molecule has 1 heterocycles. The number of ether oxygens (including phenoxy) is 1. The van der Waals surface area contributed by atoms with Crippen molar-refractivity contribution in [3.63, 3.8) is 0 Å². The average Bonchev–Trinajstić information content (AvgIpc) is 2.29. The molecule has 1 aliphatic heterocycles. The molecule has 104 valence electrons. The highest BCUT2D eigenvalue weighted by Crippen LogP contribution is 2.27. The lowest BCUT2D eigenvalue weighted by molar-refractivity contribution is -0.165. The zero-order chi connectivity index (χ0) is 14.0. The van der Waals surface area contributed by atoms with Crippen LogP contribution in [0, 0.1) is 13.8 Å². The van der Waals surface area contributed by atoms with E-state index in [9.17, 15) is 4.79 Å².